The highest BCUT2D eigenvalue weighted by atomic mass is 32.1. The van der Waals surface area contributed by atoms with Crippen molar-refractivity contribution in [2.75, 3.05) is 11.9 Å². The minimum atomic E-state index is -0.707. The quantitative estimate of drug-likeness (QED) is 0.684. The summed E-state index contributed by atoms with van der Waals surface area (Å²) in [6.07, 6.45) is 6.03. The average Bonchev–Trinajstić information content (AvgIpc) is 3.42. The predicted molar refractivity (Wildman–Crippen MR) is 120 cm³/mol. The van der Waals surface area contributed by atoms with Gasteiger partial charge < -0.3 is 20.9 Å². The average molecular weight is 439 g/mol. The maximum absolute atomic E-state index is 13.3. The van der Waals surface area contributed by atoms with Crippen molar-refractivity contribution in [2.45, 2.75) is 56.7 Å². The second-order valence-corrected chi connectivity index (χ2v) is 9.33. The van der Waals surface area contributed by atoms with Crippen LogP contribution in [0.25, 0.3) is 11.1 Å². The fourth-order valence-corrected chi connectivity index (χ4v) is 5.60. The number of rotatable bonds is 3. The van der Waals surface area contributed by atoms with Crippen LogP contribution in [0.15, 0.2) is 35.0 Å². The predicted octanol–water partition coefficient (Wildman–Crippen LogP) is 3.58. The van der Waals surface area contributed by atoms with Crippen LogP contribution in [-0.2, 0) is 4.79 Å². The fraction of sp³-hybridized carbons (Fsp3) is 0.435. The summed E-state index contributed by atoms with van der Waals surface area (Å²) in [5.74, 6) is -0.428. The molecular weight excluding hydrogens is 412 g/mol. The topological polar surface area (TPSA) is 90.5 Å². The van der Waals surface area contributed by atoms with E-state index >= 15 is 0 Å². The molecule has 162 valence electrons. The minimum Gasteiger partial charge on any atom is -0.335 e. The van der Waals surface area contributed by atoms with Crippen LogP contribution in [0.2, 0.25) is 0 Å². The molecule has 2 atom stereocenters. The van der Waals surface area contributed by atoms with Gasteiger partial charge in [-0.05, 0) is 59.3 Å². The Bertz CT molecular complexity index is 1000. The Balaban J connectivity index is 1.33. The van der Waals surface area contributed by atoms with E-state index in [-0.39, 0.29) is 23.9 Å². The van der Waals surface area contributed by atoms with Crippen LogP contribution in [0.5, 0.6) is 0 Å². The summed E-state index contributed by atoms with van der Waals surface area (Å²) in [5, 5.41) is 12.9. The van der Waals surface area contributed by atoms with Crippen LogP contribution in [-0.4, -0.2) is 47.4 Å². The van der Waals surface area contributed by atoms with Crippen LogP contribution >= 0.6 is 11.3 Å². The van der Waals surface area contributed by atoms with Gasteiger partial charge in [-0.2, -0.15) is 11.3 Å². The van der Waals surface area contributed by atoms with Crippen molar-refractivity contribution < 1.29 is 14.4 Å². The smallest absolute Gasteiger partial charge is 0.315 e. The highest BCUT2D eigenvalue weighted by molar-refractivity contribution is 7.08. The number of thiophene rings is 1. The number of fused-ring (bicyclic) bond motifs is 2. The Morgan fingerprint density at radius 2 is 1.87 bits per heavy atom. The number of hydrogen-bond donors (Lipinski definition) is 3. The molecule has 0 unspecified atom stereocenters. The summed E-state index contributed by atoms with van der Waals surface area (Å²) >= 11 is 1.60. The molecule has 31 heavy (non-hydrogen) atoms. The summed E-state index contributed by atoms with van der Waals surface area (Å²) in [7, 11) is 0. The number of urea groups is 1. The molecular formula is C23H26N4O3S. The van der Waals surface area contributed by atoms with Crippen LogP contribution in [0.4, 0.5) is 10.5 Å². The van der Waals surface area contributed by atoms with E-state index in [0.29, 0.717) is 24.2 Å². The molecule has 0 radical (unpaired) electrons. The van der Waals surface area contributed by atoms with E-state index in [2.05, 4.69) is 16.0 Å². The number of nitrogens with zero attached hydrogens (tertiary/aromatic N) is 1. The van der Waals surface area contributed by atoms with Gasteiger partial charge in [0.1, 0.15) is 6.04 Å². The van der Waals surface area contributed by atoms with E-state index in [0.717, 1.165) is 36.8 Å². The highest BCUT2D eigenvalue weighted by Gasteiger charge is 2.45. The number of hydrogen-bond acceptors (Lipinski definition) is 4. The van der Waals surface area contributed by atoms with E-state index in [9.17, 15) is 14.4 Å². The molecule has 8 heteroatoms. The van der Waals surface area contributed by atoms with Gasteiger partial charge in [0.25, 0.3) is 5.91 Å². The highest BCUT2D eigenvalue weighted by Crippen LogP contribution is 2.32. The molecule has 2 aliphatic heterocycles. The first-order chi connectivity index (χ1) is 15.1. The van der Waals surface area contributed by atoms with Gasteiger partial charge in [0.15, 0.2) is 0 Å². The summed E-state index contributed by atoms with van der Waals surface area (Å²) in [4.78, 5) is 40.5. The summed E-state index contributed by atoms with van der Waals surface area (Å²) < 4.78 is 0. The molecule has 4 amide bonds. The van der Waals surface area contributed by atoms with Crippen molar-refractivity contribution in [2.24, 2.45) is 0 Å². The first-order valence-corrected chi connectivity index (χ1v) is 11.9. The van der Waals surface area contributed by atoms with Gasteiger partial charge in [-0.25, -0.2) is 4.79 Å². The van der Waals surface area contributed by atoms with Gasteiger partial charge in [-0.15, -0.1) is 0 Å². The summed E-state index contributed by atoms with van der Waals surface area (Å²) in [6, 6.07) is 6.39. The third-order valence-electron chi connectivity index (χ3n) is 6.55. The molecule has 1 saturated carbocycles. The Morgan fingerprint density at radius 1 is 1.03 bits per heavy atom. The first-order valence-electron chi connectivity index (χ1n) is 11.0. The van der Waals surface area contributed by atoms with Crippen LogP contribution in [0.3, 0.4) is 0 Å². The zero-order chi connectivity index (χ0) is 21.4. The largest absolute Gasteiger partial charge is 0.335 e. The van der Waals surface area contributed by atoms with Crippen molar-refractivity contribution >= 4 is 34.9 Å². The monoisotopic (exact) mass is 438 g/mol. The molecule has 1 aromatic carbocycles. The molecule has 3 aliphatic rings. The zero-order valence-corrected chi connectivity index (χ0v) is 18.0. The van der Waals surface area contributed by atoms with Gasteiger partial charge in [0.2, 0.25) is 5.91 Å². The van der Waals surface area contributed by atoms with Crippen LogP contribution in [0, 0.1) is 0 Å². The lowest BCUT2D eigenvalue weighted by Crippen LogP contribution is -2.54. The SMILES string of the molecule is O=C(NC1CCCCC1)N[C@H]1CCN2C(=O)c3cc(-c4ccsc4)ccc3NC(=O)[C@H]12. The molecule has 3 heterocycles. The molecule has 2 aromatic rings. The van der Waals surface area contributed by atoms with Crippen LogP contribution in [0.1, 0.15) is 48.9 Å². The van der Waals surface area contributed by atoms with E-state index in [1.165, 1.54) is 6.42 Å². The molecule has 2 fully saturated rings. The van der Waals surface area contributed by atoms with E-state index in [1.54, 1.807) is 22.3 Å². The van der Waals surface area contributed by atoms with Gasteiger partial charge >= 0.3 is 6.03 Å². The van der Waals surface area contributed by atoms with E-state index in [4.69, 9.17) is 0 Å². The number of carbonyl (C=O) groups is 3. The molecule has 5 rings (SSSR count). The van der Waals surface area contributed by atoms with Crippen LogP contribution < -0.4 is 16.0 Å². The van der Waals surface area contributed by atoms with Crippen molar-refractivity contribution in [3.63, 3.8) is 0 Å². The normalized spacial score (nSPS) is 23.5. The fourth-order valence-electron chi connectivity index (χ4n) is 4.94. The van der Waals surface area contributed by atoms with E-state index < -0.39 is 12.1 Å². The third kappa shape index (κ3) is 3.92. The maximum Gasteiger partial charge on any atom is 0.315 e. The second-order valence-electron chi connectivity index (χ2n) is 8.55. The third-order valence-corrected chi connectivity index (χ3v) is 7.23. The molecule has 0 bridgehead atoms. The van der Waals surface area contributed by atoms with Gasteiger partial charge in [0, 0.05) is 12.6 Å². The van der Waals surface area contributed by atoms with Crippen molar-refractivity contribution in [3.05, 3.63) is 40.6 Å². The van der Waals surface area contributed by atoms with Crippen molar-refractivity contribution in [3.8, 4) is 11.1 Å². The van der Waals surface area contributed by atoms with Crippen molar-refractivity contribution in [1.29, 1.82) is 0 Å². The Labute approximate surface area is 185 Å². The lowest BCUT2D eigenvalue weighted by Gasteiger charge is -2.27. The molecule has 7 nitrogen and oxygen atoms in total. The Morgan fingerprint density at radius 3 is 2.65 bits per heavy atom. The molecule has 1 aromatic heterocycles. The molecule has 1 saturated heterocycles. The maximum atomic E-state index is 13.3. The minimum absolute atomic E-state index is 0.174. The molecule has 3 N–H and O–H groups in total. The Hall–Kier alpha value is -2.87. The second kappa shape index (κ2) is 8.34. The lowest BCUT2D eigenvalue weighted by molar-refractivity contribution is -0.120. The van der Waals surface area contributed by atoms with Crippen molar-refractivity contribution in [1.82, 2.24) is 15.5 Å². The first kappa shape index (κ1) is 20.1. The zero-order valence-electron chi connectivity index (χ0n) is 17.2. The molecule has 1 aliphatic carbocycles. The van der Waals surface area contributed by atoms with Gasteiger partial charge in [0.05, 0.1) is 17.3 Å². The number of anilines is 1. The van der Waals surface area contributed by atoms with Gasteiger partial charge in [-0.3, -0.25) is 9.59 Å². The van der Waals surface area contributed by atoms with Gasteiger partial charge in [-0.1, -0.05) is 25.3 Å². The number of amides is 4. The van der Waals surface area contributed by atoms with E-state index in [1.807, 2.05) is 29.0 Å². The lowest BCUT2D eigenvalue weighted by atomic mass is 9.96. The standard InChI is InChI=1S/C23H26N4O3S/c28-21-20-19(26-23(30)24-16-4-2-1-3-5-16)8-10-27(20)22(29)17-12-14(6-7-18(17)25-21)15-9-11-31-13-15/h6-7,9,11-13,16,19-20H,1-5,8,10H2,(H,25,28)(H2,24,26,30)/t19-,20-/m0/s1. The number of benzene rings is 1. The Kier molecular flexibility index (Phi) is 5.40. The summed E-state index contributed by atoms with van der Waals surface area (Å²) in [5.41, 5.74) is 3.01. The molecule has 0 spiro atoms. The number of carbonyl (C=O) groups excluding carboxylic acids is 3. The number of nitrogens with one attached hydrogen (secondary N) is 3. The summed E-state index contributed by atoms with van der Waals surface area (Å²) in [6.45, 7) is 0.438.